The van der Waals surface area contributed by atoms with Crippen LogP contribution in [0.1, 0.15) is 30.0 Å². The van der Waals surface area contributed by atoms with E-state index in [1.54, 1.807) is 29.3 Å². The smallest absolute Gasteiger partial charge is 0.262 e. The van der Waals surface area contributed by atoms with E-state index in [1.807, 2.05) is 48.5 Å². The van der Waals surface area contributed by atoms with Crippen LogP contribution in [0.15, 0.2) is 95.0 Å². The Hall–Kier alpha value is -3.78. The summed E-state index contributed by atoms with van der Waals surface area (Å²) in [6.07, 6.45) is 0.596. The summed E-state index contributed by atoms with van der Waals surface area (Å²) in [6.45, 7) is 0. The highest BCUT2D eigenvalue weighted by atomic mass is 32.2. The molecule has 2 amide bonds. The van der Waals surface area contributed by atoms with E-state index in [4.69, 9.17) is 5.10 Å². The van der Waals surface area contributed by atoms with Crippen molar-refractivity contribution in [1.29, 1.82) is 0 Å². The highest BCUT2D eigenvalue weighted by Gasteiger charge is 2.39. The predicted octanol–water partition coefficient (Wildman–Crippen LogP) is 5.00. The fourth-order valence-corrected chi connectivity index (χ4v) is 5.00. The van der Waals surface area contributed by atoms with E-state index in [1.165, 1.54) is 23.9 Å². The highest BCUT2D eigenvalue weighted by molar-refractivity contribution is 8.15. The molecular formula is C26H21FN4O2S. The number of benzene rings is 3. The van der Waals surface area contributed by atoms with Crippen LogP contribution in [0.4, 0.5) is 10.1 Å². The molecule has 5 rings (SSSR count). The molecule has 0 spiro atoms. The van der Waals surface area contributed by atoms with Crippen molar-refractivity contribution in [2.24, 2.45) is 10.1 Å². The zero-order valence-electron chi connectivity index (χ0n) is 18.1. The molecule has 170 valence electrons. The molecule has 2 aliphatic heterocycles. The molecular weight excluding hydrogens is 451 g/mol. The molecule has 1 N–H and O–H groups in total. The molecule has 0 unspecified atom stereocenters. The molecule has 3 aromatic rings. The lowest BCUT2D eigenvalue weighted by Crippen LogP contribution is -2.25. The van der Waals surface area contributed by atoms with E-state index in [-0.39, 0.29) is 30.1 Å². The average Bonchev–Trinajstić information content (AvgIpc) is 3.45. The first kappa shape index (κ1) is 22.0. The highest BCUT2D eigenvalue weighted by Crippen LogP contribution is 2.38. The van der Waals surface area contributed by atoms with Gasteiger partial charge in [0.25, 0.3) is 5.91 Å². The van der Waals surface area contributed by atoms with Gasteiger partial charge in [-0.25, -0.2) is 9.40 Å². The summed E-state index contributed by atoms with van der Waals surface area (Å²) < 4.78 is 13.5. The van der Waals surface area contributed by atoms with Crippen molar-refractivity contribution in [3.63, 3.8) is 0 Å². The SMILES string of the molecule is O=C(C[C@@H]1SC(N2N=C(c3ccccc3)C[C@@H]2c2ccc(F)cc2)=NC1=O)Nc1ccccc1. The summed E-state index contributed by atoms with van der Waals surface area (Å²) in [6, 6.07) is 25.0. The average molecular weight is 473 g/mol. The van der Waals surface area contributed by atoms with Crippen LogP contribution in [-0.2, 0) is 9.59 Å². The minimum absolute atomic E-state index is 0.00963. The van der Waals surface area contributed by atoms with E-state index in [9.17, 15) is 14.0 Å². The molecule has 3 aromatic carbocycles. The lowest BCUT2D eigenvalue weighted by atomic mass is 9.99. The number of hydrogen-bond donors (Lipinski definition) is 1. The molecule has 0 radical (unpaired) electrons. The van der Waals surface area contributed by atoms with Gasteiger partial charge >= 0.3 is 0 Å². The maximum Gasteiger partial charge on any atom is 0.262 e. The van der Waals surface area contributed by atoms with Crippen molar-refractivity contribution < 1.29 is 14.0 Å². The van der Waals surface area contributed by atoms with Gasteiger partial charge in [-0.1, -0.05) is 72.4 Å². The number of aliphatic imine (C=N–C) groups is 1. The topological polar surface area (TPSA) is 74.1 Å². The third kappa shape index (κ3) is 4.77. The fraction of sp³-hybridized carbons (Fsp3) is 0.154. The number of para-hydroxylation sites is 1. The number of thioether (sulfide) groups is 1. The molecule has 0 aliphatic carbocycles. The number of amidine groups is 1. The van der Waals surface area contributed by atoms with E-state index < -0.39 is 5.25 Å². The number of anilines is 1. The molecule has 6 nitrogen and oxygen atoms in total. The largest absolute Gasteiger partial charge is 0.326 e. The quantitative estimate of drug-likeness (QED) is 0.567. The van der Waals surface area contributed by atoms with E-state index in [0.717, 1.165) is 16.8 Å². The Labute approximate surface area is 200 Å². The van der Waals surface area contributed by atoms with Crippen LogP contribution >= 0.6 is 11.8 Å². The Morgan fingerprint density at radius 3 is 2.38 bits per heavy atom. The van der Waals surface area contributed by atoms with E-state index in [0.29, 0.717) is 17.3 Å². The van der Waals surface area contributed by atoms with Gasteiger partial charge in [0.2, 0.25) is 5.91 Å². The fourth-order valence-electron chi connectivity index (χ4n) is 3.94. The van der Waals surface area contributed by atoms with Gasteiger partial charge in [-0.05, 0) is 35.4 Å². The first-order valence-corrected chi connectivity index (χ1v) is 11.8. The van der Waals surface area contributed by atoms with Gasteiger partial charge in [0.1, 0.15) is 11.1 Å². The van der Waals surface area contributed by atoms with Crippen LogP contribution in [0.3, 0.4) is 0 Å². The van der Waals surface area contributed by atoms with Gasteiger partial charge in [0, 0.05) is 18.5 Å². The number of halogens is 1. The summed E-state index contributed by atoms with van der Waals surface area (Å²) in [7, 11) is 0. The Morgan fingerprint density at radius 2 is 1.68 bits per heavy atom. The molecule has 2 heterocycles. The maximum absolute atomic E-state index is 13.5. The molecule has 8 heteroatoms. The second-order valence-corrected chi connectivity index (χ2v) is 9.16. The molecule has 2 aliphatic rings. The second kappa shape index (κ2) is 9.61. The Bertz CT molecular complexity index is 1260. The molecule has 2 atom stereocenters. The van der Waals surface area contributed by atoms with Crippen LogP contribution in [0.25, 0.3) is 0 Å². The zero-order chi connectivity index (χ0) is 23.5. The lowest BCUT2D eigenvalue weighted by Gasteiger charge is -2.23. The number of nitrogens with zero attached hydrogens (tertiary/aromatic N) is 3. The Kier molecular flexibility index (Phi) is 6.22. The second-order valence-electron chi connectivity index (χ2n) is 7.99. The minimum atomic E-state index is -0.622. The van der Waals surface area contributed by atoms with Crippen LogP contribution in [0.2, 0.25) is 0 Å². The van der Waals surface area contributed by atoms with Gasteiger partial charge in [-0.15, -0.1) is 0 Å². The number of carbonyl (C=O) groups excluding carboxylic acids is 2. The normalized spacial score (nSPS) is 19.7. The van der Waals surface area contributed by atoms with Crippen molar-refractivity contribution in [3.05, 3.63) is 102 Å². The lowest BCUT2D eigenvalue weighted by molar-refractivity contribution is -0.121. The number of hydrogen-bond acceptors (Lipinski definition) is 5. The van der Waals surface area contributed by atoms with Gasteiger partial charge in [-0.3, -0.25) is 9.59 Å². The molecule has 34 heavy (non-hydrogen) atoms. The number of rotatable bonds is 5. The molecule has 0 saturated carbocycles. The molecule has 0 aromatic heterocycles. The number of carbonyl (C=O) groups is 2. The van der Waals surface area contributed by atoms with Crippen molar-refractivity contribution in [2.45, 2.75) is 24.1 Å². The van der Waals surface area contributed by atoms with Crippen molar-refractivity contribution in [1.82, 2.24) is 5.01 Å². The third-order valence-electron chi connectivity index (χ3n) is 5.63. The number of amides is 2. The zero-order valence-corrected chi connectivity index (χ0v) is 18.9. The number of nitrogens with one attached hydrogen (secondary N) is 1. The first-order chi connectivity index (χ1) is 16.6. The Balaban J connectivity index is 1.35. The van der Waals surface area contributed by atoms with E-state index in [2.05, 4.69) is 10.3 Å². The summed E-state index contributed by atoms with van der Waals surface area (Å²) >= 11 is 1.24. The molecule has 0 saturated heterocycles. The summed E-state index contributed by atoms with van der Waals surface area (Å²) in [5, 5.41) is 9.15. The van der Waals surface area contributed by atoms with Crippen molar-refractivity contribution >= 4 is 40.1 Å². The monoisotopic (exact) mass is 472 g/mol. The van der Waals surface area contributed by atoms with Gasteiger partial charge in [0.15, 0.2) is 5.17 Å². The molecule has 0 fully saturated rings. The van der Waals surface area contributed by atoms with Crippen molar-refractivity contribution in [2.75, 3.05) is 5.32 Å². The van der Waals surface area contributed by atoms with Crippen molar-refractivity contribution in [3.8, 4) is 0 Å². The summed E-state index contributed by atoms with van der Waals surface area (Å²) in [5.74, 6) is -0.923. The summed E-state index contributed by atoms with van der Waals surface area (Å²) in [4.78, 5) is 29.4. The van der Waals surface area contributed by atoms with Crippen LogP contribution in [0.5, 0.6) is 0 Å². The predicted molar refractivity (Wildman–Crippen MR) is 132 cm³/mol. The minimum Gasteiger partial charge on any atom is -0.326 e. The molecule has 0 bridgehead atoms. The van der Waals surface area contributed by atoms with Gasteiger partial charge in [-0.2, -0.15) is 10.1 Å². The van der Waals surface area contributed by atoms with E-state index >= 15 is 0 Å². The number of hydrazone groups is 1. The van der Waals surface area contributed by atoms with Crippen LogP contribution in [0, 0.1) is 5.82 Å². The summed E-state index contributed by atoms with van der Waals surface area (Å²) in [5.41, 5.74) is 3.39. The van der Waals surface area contributed by atoms with Crippen LogP contribution in [-0.4, -0.2) is 33.0 Å². The maximum atomic E-state index is 13.5. The standard InChI is InChI=1S/C26H21FN4O2S/c27-19-13-11-18(12-14-19)22-15-21(17-7-3-1-4-8-17)30-31(22)26-29-25(33)23(34-26)16-24(32)28-20-9-5-2-6-10-20/h1-14,22-23H,15-16H2,(H,28,32)/t22-,23+/m1/s1. The van der Waals surface area contributed by atoms with Crippen LogP contribution < -0.4 is 5.32 Å². The first-order valence-electron chi connectivity index (χ1n) is 10.9. The van der Waals surface area contributed by atoms with Gasteiger partial charge < -0.3 is 5.32 Å². The van der Waals surface area contributed by atoms with Gasteiger partial charge in [0.05, 0.1) is 11.8 Å². The third-order valence-corrected chi connectivity index (χ3v) is 6.77. The Morgan fingerprint density at radius 1 is 1.00 bits per heavy atom.